The molecule has 3 N–H and O–H groups in total. The number of benzene rings is 1. The number of carbonyl (C=O) groups excluding carboxylic acids is 1. The van der Waals surface area contributed by atoms with Gasteiger partial charge >= 0.3 is 5.97 Å². The summed E-state index contributed by atoms with van der Waals surface area (Å²) >= 11 is 0. The van der Waals surface area contributed by atoms with Crippen LogP contribution in [0.3, 0.4) is 0 Å². The first-order valence-electron chi connectivity index (χ1n) is 6.62. The second-order valence-electron chi connectivity index (χ2n) is 5.73. The molecule has 0 aliphatic carbocycles. The minimum Gasteiger partial charge on any atom is -0.456 e. The minimum absolute atomic E-state index is 0.0552. The Morgan fingerprint density at radius 3 is 2.60 bits per heavy atom. The lowest BCUT2D eigenvalue weighted by Crippen LogP contribution is -2.24. The molecule has 0 fully saturated rings. The van der Waals surface area contributed by atoms with Crippen molar-refractivity contribution < 1.29 is 14.3 Å². The van der Waals surface area contributed by atoms with Crippen LogP contribution in [0.2, 0.25) is 0 Å². The van der Waals surface area contributed by atoms with Gasteiger partial charge in [0, 0.05) is 13.7 Å². The smallest absolute Gasteiger partial charge is 0.338 e. The Morgan fingerprint density at radius 1 is 1.40 bits per heavy atom. The molecule has 0 aromatic heterocycles. The number of ether oxygens (including phenoxy) is 2. The molecule has 0 amide bonds. The average Bonchev–Trinajstić information content (AvgIpc) is 2.35. The zero-order valence-corrected chi connectivity index (χ0v) is 12.8. The van der Waals surface area contributed by atoms with E-state index in [9.17, 15) is 4.79 Å². The van der Waals surface area contributed by atoms with E-state index in [1.54, 1.807) is 25.3 Å². The summed E-state index contributed by atoms with van der Waals surface area (Å²) in [6, 6.07) is 5.05. The number of anilines is 2. The van der Waals surface area contributed by atoms with E-state index in [1.807, 2.05) is 27.7 Å². The molecule has 5 heteroatoms. The number of hydrogen-bond donors (Lipinski definition) is 2. The van der Waals surface area contributed by atoms with E-state index in [0.717, 1.165) is 0 Å². The van der Waals surface area contributed by atoms with E-state index in [4.69, 9.17) is 15.2 Å². The number of nitrogens with two attached hydrogens (primary N) is 1. The van der Waals surface area contributed by atoms with Crippen LogP contribution in [0.15, 0.2) is 18.2 Å². The molecule has 0 aliphatic rings. The monoisotopic (exact) mass is 280 g/mol. The quantitative estimate of drug-likeness (QED) is 0.641. The lowest BCUT2D eigenvalue weighted by atomic mass is 10.1. The highest BCUT2D eigenvalue weighted by atomic mass is 16.6. The second kappa shape index (κ2) is 6.61. The molecule has 20 heavy (non-hydrogen) atoms. The van der Waals surface area contributed by atoms with Crippen molar-refractivity contribution in [1.82, 2.24) is 0 Å². The van der Waals surface area contributed by atoms with Gasteiger partial charge in [0.15, 0.2) is 0 Å². The Morgan fingerprint density at radius 2 is 2.05 bits per heavy atom. The van der Waals surface area contributed by atoms with E-state index < -0.39 is 5.60 Å². The first kappa shape index (κ1) is 16.3. The topological polar surface area (TPSA) is 73.6 Å². The highest BCUT2D eigenvalue weighted by molar-refractivity contribution is 5.92. The Hall–Kier alpha value is -1.75. The lowest BCUT2D eigenvalue weighted by molar-refractivity contribution is 0.00696. The van der Waals surface area contributed by atoms with Crippen LogP contribution in [-0.2, 0) is 9.47 Å². The van der Waals surface area contributed by atoms with Crippen molar-refractivity contribution in [3.05, 3.63) is 23.8 Å². The third kappa shape index (κ3) is 5.09. The molecule has 1 atom stereocenters. The Labute approximate surface area is 120 Å². The third-order valence-corrected chi connectivity index (χ3v) is 2.67. The van der Waals surface area contributed by atoms with Crippen LogP contribution < -0.4 is 11.1 Å². The molecule has 0 spiro atoms. The highest BCUT2D eigenvalue weighted by Crippen LogP contribution is 2.22. The van der Waals surface area contributed by atoms with E-state index >= 15 is 0 Å². The van der Waals surface area contributed by atoms with Gasteiger partial charge in [-0.3, -0.25) is 0 Å². The molecule has 0 aliphatic heterocycles. The van der Waals surface area contributed by atoms with Crippen molar-refractivity contribution in [1.29, 1.82) is 0 Å². The van der Waals surface area contributed by atoms with Crippen molar-refractivity contribution in [2.45, 2.75) is 39.4 Å². The molecule has 0 bridgehead atoms. The summed E-state index contributed by atoms with van der Waals surface area (Å²) in [5.74, 6) is -0.361. The van der Waals surface area contributed by atoms with Gasteiger partial charge in [-0.1, -0.05) is 0 Å². The van der Waals surface area contributed by atoms with E-state index in [0.29, 0.717) is 23.5 Å². The summed E-state index contributed by atoms with van der Waals surface area (Å²) < 4.78 is 10.5. The van der Waals surface area contributed by atoms with Gasteiger partial charge in [-0.2, -0.15) is 0 Å². The van der Waals surface area contributed by atoms with Gasteiger partial charge < -0.3 is 20.5 Å². The fraction of sp³-hybridized carbons (Fsp3) is 0.533. The largest absolute Gasteiger partial charge is 0.456 e. The number of hydrogen-bond acceptors (Lipinski definition) is 5. The normalized spacial score (nSPS) is 12.8. The van der Waals surface area contributed by atoms with Gasteiger partial charge in [0.1, 0.15) is 5.60 Å². The number of nitrogen functional groups attached to an aromatic ring is 1. The van der Waals surface area contributed by atoms with Crippen molar-refractivity contribution in [2.24, 2.45) is 0 Å². The predicted molar refractivity (Wildman–Crippen MR) is 81.0 cm³/mol. The molecular weight excluding hydrogens is 256 g/mol. The maximum Gasteiger partial charge on any atom is 0.338 e. The fourth-order valence-electron chi connectivity index (χ4n) is 1.51. The standard InChI is InChI=1S/C15H24N2O3/c1-10(19-5)9-17-13-8-11(6-7-12(13)16)14(18)20-15(2,3)4/h6-8,10,17H,9,16H2,1-5H3/t10-/m1/s1. The second-order valence-corrected chi connectivity index (χ2v) is 5.73. The molecule has 112 valence electrons. The number of rotatable bonds is 5. The first-order valence-corrected chi connectivity index (χ1v) is 6.62. The number of esters is 1. The van der Waals surface area contributed by atoms with Crippen molar-refractivity contribution in [2.75, 3.05) is 24.7 Å². The molecule has 0 saturated carbocycles. The van der Waals surface area contributed by atoms with Crippen LogP contribution >= 0.6 is 0 Å². The number of carbonyl (C=O) groups is 1. The Bertz CT molecular complexity index is 467. The maximum atomic E-state index is 12.0. The Kier molecular flexibility index (Phi) is 5.39. The van der Waals surface area contributed by atoms with E-state index in [-0.39, 0.29) is 12.1 Å². The molecule has 0 unspecified atom stereocenters. The summed E-state index contributed by atoms with van der Waals surface area (Å²) in [5, 5.41) is 3.16. The third-order valence-electron chi connectivity index (χ3n) is 2.67. The zero-order chi connectivity index (χ0) is 15.3. The van der Waals surface area contributed by atoms with Crippen molar-refractivity contribution in [3.8, 4) is 0 Å². The summed E-state index contributed by atoms with van der Waals surface area (Å²) in [7, 11) is 1.65. The zero-order valence-electron chi connectivity index (χ0n) is 12.8. The van der Waals surface area contributed by atoms with Crippen LogP contribution in [0.25, 0.3) is 0 Å². The molecule has 5 nitrogen and oxygen atoms in total. The summed E-state index contributed by atoms with van der Waals surface area (Å²) in [6.45, 7) is 8.06. The molecular formula is C15H24N2O3. The van der Waals surface area contributed by atoms with Crippen LogP contribution in [0, 0.1) is 0 Å². The summed E-state index contributed by atoms with van der Waals surface area (Å²) in [4.78, 5) is 12.0. The predicted octanol–water partition coefficient (Wildman–Crippen LogP) is 2.67. The van der Waals surface area contributed by atoms with E-state index in [2.05, 4.69) is 5.32 Å². The number of nitrogens with one attached hydrogen (secondary N) is 1. The fourth-order valence-corrected chi connectivity index (χ4v) is 1.51. The Balaban J connectivity index is 2.83. The van der Waals surface area contributed by atoms with Gasteiger partial charge in [0.2, 0.25) is 0 Å². The van der Waals surface area contributed by atoms with Crippen LogP contribution in [0.4, 0.5) is 11.4 Å². The van der Waals surface area contributed by atoms with Crippen LogP contribution in [-0.4, -0.2) is 31.3 Å². The molecule has 0 radical (unpaired) electrons. The van der Waals surface area contributed by atoms with Gasteiger partial charge in [-0.05, 0) is 45.9 Å². The van der Waals surface area contributed by atoms with Crippen molar-refractivity contribution in [3.63, 3.8) is 0 Å². The van der Waals surface area contributed by atoms with Gasteiger partial charge in [0.05, 0.1) is 23.0 Å². The van der Waals surface area contributed by atoms with E-state index in [1.165, 1.54) is 0 Å². The first-order chi connectivity index (χ1) is 9.23. The van der Waals surface area contributed by atoms with Gasteiger partial charge in [-0.15, -0.1) is 0 Å². The molecule has 1 aromatic rings. The summed E-state index contributed by atoms with van der Waals surface area (Å²) in [6.07, 6.45) is 0.0552. The van der Waals surface area contributed by atoms with Crippen LogP contribution in [0.5, 0.6) is 0 Å². The van der Waals surface area contributed by atoms with Crippen molar-refractivity contribution >= 4 is 17.3 Å². The lowest BCUT2D eigenvalue weighted by Gasteiger charge is -2.20. The summed E-state index contributed by atoms with van der Waals surface area (Å²) in [5.41, 5.74) is 7.14. The molecule has 0 heterocycles. The number of methoxy groups -OCH3 is 1. The highest BCUT2D eigenvalue weighted by Gasteiger charge is 2.18. The minimum atomic E-state index is -0.517. The molecule has 1 aromatic carbocycles. The SMILES string of the molecule is CO[C@H](C)CNc1cc(C(=O)OC(C)(C)C)ccc1N. The van der Waals surface area contributed by atoms with Gasteiger partial charge in [0.25, 0.3) is 0 Å². The van der Waals surface area contributed by atoms with Crippen LogP contribution in [0.1, 0.15) is 38.1 Å². The molecule has 0 saturated heterocycles. The van der Waals surface area contributed by atoms with Gasteiger partial charge in [-0.25, -0.2) is 4.79 Å². The molecule has 1 rings (SSSR count). The average molecular weight is 280 g/mol. The maximum absolute atomic E-state index is 12.0.